The number of hydrogen-bond acceptors (Lipinski definition) is 2. The van der Waals surface area contributed by atoms with E-state index in [1.165, 1.54) is 0 Å². The summed E-state index contributed by atoms with van der Waals surface area (Å²) in [7, 11) is 0. The number of nitrogens with zero attached hydrogens (tertiary/aromatic N) is 1. The SMILES string of the molecule is Cl.Cl.FC(F)(F)C[C@@H](c1ccc[nH]1)N1CCNCC1. The van der Waals surface area contributed by atoms with E-state index in [0.717, 1.165) is 13.1 Å². The van der Waals surface area contributed by atoms with Gasteiger partial charge in [0, 0.05) is 38.1 Å². The highest BCUT2D eigenvalue weighted by Gasteiger charge is 2.36. The second-order valence-electron chi connectivity index (χ2n) is 4.25. The molecule has 2 heterocycles. The zero-order valence-electron chi connectivity index (χ0n) is 10.2. The highest BCUT2D eigenvalue weighted by molar-refractivity contribution is 5.85. The smallest absolute Gasteiger partial charge is 0.364 e. The van der Waals surface area contributed by atoms with E-state index in [-0.39, 0.29) is 24.8 Å². The van der Waals surface area contributed by atoms with Gasteiger partial charge in [0.2, 0.25) is 0 Å². The van der Waals surface area contributed by atoms with Crippen LogP contribution in [0.25, 0.3) is 0 Å². The van der Waals surface area contributed by atoms with E-state index >= 15 is 0 Å². The molecule has 2 N–H and O–H groups in total. The summed E-state index contributed by atoms with van der Waals surface area (Å²) >= 11 is 0. The van der Waals surface area contributed by atoms with E-state index in [2.05, 4.69) is 10.3 Å². The van der Waals surface area contributed by atoms with Crippen molar-refractivity contribution >= 4 is 24.8 Å². The molecule has 1 atom stereocenters. The molecule has 1 aromatic heterocycles. The molecule has 1 aliphatic rings. The Balaban J connectivity index is 0.00000162. The van der Waals surface area contributed by atoms with Crippen LogP contribution in [0.5, 0.6) is 0 Å². The molecular formula is C11H18Cl2F3N3. The van der Waals surface area contributed by atoms with Gasteiger partial charge in [-0.15, -0.1) is 24.8 Å². The van der Waals surface area contributed by atoms with Crippen LogP contribution in [0, 0.1) is 0 Å². The van der Waals surface area contributed by atoms with Gasteiger partial charge >= 0.3 is 6.18 Å². The minimum atomic E-state index is -4.14. The van der Waals surface area contributed by atoms with E-state index in [0.29, 0.717) is 18.8 Å². The Hall–Kier alpha value is -0.430. The number of halogens is 5. The van der Waals surface area contributed by atoms with Crippen molar-refractivity contribution in [2.75, 3.05) is 26.2 Å². The lowest BCUT2D eigenvalue weighted by Gasteiger charge is -2.34. The van der Waals surface area contributed by atoms with Crippen LogP contribution in [0.3, 0.4) is 0 Å². The van der Waals surface area contributed by atoms with Crippen LogP contribution < -0.4 is 5.32 Å². The van der Waals surface area contributed by atoms with Crippen molar-refractivity contribution in [2.45, 2.75) is 18.6 Å². The molecule has 19 heavy (non-hydrogen) atoms. The van der Waals surface area contributed by atoms with Gasteiger partial charge in [-0.1, -0.05) is 0 Å². The predicted octanol–water partition coefficient (Wildman–Crippen LogP) is 2.76. The topological polar surface area (TPSA) is 31.1 Å². The first kappa shape index (κ1) is 18.6. The number of piperazine rings is 1. The zero-order valence-corrected chi connectivity index (χ0v) is 11.9. The number of aromatic nitrogens is 1. The average Bonchev–Trinajstić information content (AvgIpc) is 2.79. The molecule has 0 amide bonds. The normalized spacial score (nSPS) is 18.3. The van der Waals surface area contributed by atoms with E-state index < -0.39 is 18.6 Å². The third-order valence-corrected chi connectivity index (χ3v) is 3.00. The molecule has 0 bridgehead atoms. The Kier molecular flexibility index (Phi) is 7.81. The minimum Gasteiger partial charge on any atom is -0.364 e. The van der Waals surface area contributed by atoms with Gasteiger partial charge in [0.1, 0.15) is 0 Å². The number of rotatable bonds is 3. The number of alkyl halides is 3. The molecule has 1 fully saturated rings. The molecule has 2 rings (SSSR count). The van der Waals surface area contributed by atoms with E-state index in [4.69, 9.17) is 0 Å². The van der Waals surface area contributed by atoms with Gasteiger partial charge < -0.3 is 10.3 Å². The van der Waals surface area contributed by atoms with Gasteiger partial charge in [-0.05, 0) is 12.1 Å². The Morgan fingerprint density at radius 3 is 2.32 bits per heavy atom. The maximum Gasteiger partial charge on any atom is 0.391 e. The van der Waals surface area contributed by atoms with E-state index in [9.17, 15) is 13.2 Å². The van der Waals surface area contributed by atoms with Crippen LogP contribution in [-0.4, -0.2) is 42.2 Å². The van der Waals surface area contributed by atoms with Gasteiger partial charge in [0.25, 0.3) is 0 Å². The molecule has 112 valence electrons. The summed E-state index contributed by atoms with van der Waals surface area (Å²) in [4.78, 5) is 4.78. The van der Waals surface area contributed by atoms with Crippen LogP contribution >= 0.6 is 24.8 Å². The van der Waals surface area contributed by atoms with E-state index in [1.807, 2.05) is 4.90 Å². The quantitative estimate of drug-likeness (QED) is 0.897. The lowest BCUT2D eigenvalue weighted by atomic mass is 10.1. The highest BCUT2D eigenvalue weighted by Crippen LogP contribution is 2.33. The first-order valence-corrected chi connectivity index (χ1v) is 5.71. The van der Waals surface area contributed by atoms with Crippen molar-refractivity contribution in [1.29, 1.82) is 0 Å². The summed E-state index contributed by atoms with van der Waals surface area (Å²) < 4.78 is 37.8. The fourth-order valence-corrected chi connectivity index (χ4v) is 2.20. The molecule has 0 spiro atoms. The number of H-pyrrole nitrogens is 1. The first-order chi connectivity index (χ1) is 8.06. The van der Waals surface area contributed by atoms with Crippen LogP contribution in [0.15, 0.2) is 18.3 Å². The van der Waals surface area contributed by atoms with E-state index in [1.54, 1.807) is 18.3 Å². The van der Waals surface area contributed by atoms with Crippen molar-refractivity contribution in [1.82, 2.24) is 15.2 Å². The summed E-state index contributed by atoms with van der Waals surface area (Å²) in [6.45, 7) is 2.80. The van der Waals surface area contributed by atoms with Crippen molar-refractivity contribution in [3.8, 4) is 0 Å². The maximum atomic E-state index is 12.6. The van der Waals surface area contributed by atoms with Crippen molar-refractivity contribution in [3.05, 3.63) is 24.0 Å². The van der Waals surface area contributed by atoms with Crippen LogP contribution in [0.4, 0.5) is 13.2 Å². The Labute approximate surface area is 122 Å². The lowest BCUT2D eigenvalue weighted by molar-refractivity contribution is -0.149. The second-order valence-corrected chi connectivity index (χ2v) is 4.25. The fraction of sp³-hybridized carbons (Fsp3) is 0.636. The van der Waals surface area contributed by atoms with Crippen LogP contribution in [0.1, 0.15) is 18.2 Å². The van der Waals surface area contributed by atoms with Crippen molar-refractivity contribution < 1.29 is 13.2 Å². The largest absolute Gasteiger partial charge is 0.391 e. The van der Waals surface area contributed by atoms with Crippen LogP contribution in [0.2, 0.25) is 0 Å². The standard InChI is InChI=1S/C11H16F3N3.2ClH/c12-11(13,14)8-10(9-2-1-3-16-9)17-6-4-15-5-7-17;;/h1-3,10,15-16H,4-8H2;2*1H/t10-;;/m0../s1. The first-order valence-electron chi connectivity index (χ1n) is 5.71. The summed E-state index contributed by atoms with van der Waals surface area (Å²) in [5.74, 6) is 0. The molecule has 0 radical (unpaired) electrons. The Morgan fingerprint density at radius 2 is 1.84 bits per heavy atom. The molecule has 3 nitrogen and oxygen atoms in total. The van der Waals surface area contributed by atoms with Gasteiger partial charge in [-0.3, -0.25) is 4.90 Å². The molecule has 0 aliphatic carbocycles. The monoisotopic (exact) mass is 319 g/mol. The van der Waals surface area contributed by atoms with Crippen LogP contribution in [-0.2, 0) is 0 Å². The molecule has 8 heteroatoms. The molecule has 0 aromatic carbocycles. The zero-order chi connectivity index (χ0) is 12.3. The summed E-state index contributed by atoms with van der Waals surface area (Å²) in [6, 6.07) is 2.87. The summed E-state index contributed by atoms with van der Waals surface area (Å²) in [6.07, 6.45) is -3.27. The van der Waals surface area contributed by atoms with Gasteiger partial charge in [0.05, 0.1) is 12.5 Å². The molecule has 1 aromatic rings. The van der Waals surface area contributed by atoms with Crippen molar-refractivity contribution in [3.63, 3.8) is 0 Å². The van der Waals surface area contributed by atoms with Gasteiger partial charge in [0.15, 0.2) is 0 Å². The van der Waals surface area contributed by atoms with Crippen molar-refractivity contribution in [2.24, 2.45) is 0 Å². The molecular weight excluding hydrogens is 302 g/mol. The average molecular weight is 320 g/mol. The Bertz CT molecular complexity index is 337. The second kappa shape index (κ2) is 7.99. The van der Waals surface area contributed by atoms with Gasteiger partial charge in [-0.25, -0.2) is 0 Å². The third-order valence-electron chi connectivity index (χ3n) is 3.00. The number of hydrogen-bond donors (Lipinski definition) is 2. The summed E-state index contributed by atoms with van der Waals surface area (Å²) in [5.41, 5.74) is 0.643. The third kappa shape index (κ3) is 5.60. The fourth-order valence-electron chi connectivity index (χ4n) is 2.20. The Morgan fingerprint density at radius 1 is 1.21 bits per heavy atom. The molecule has 0 unspecified atom stereocenters. The molecule has 1 aliphatic heterocycles. The lowest BCUT2D eigenvalue weighted by Crippen LogP contribution is -2.46. The minimum absolute atomic E-state index is 0. The maximum absolute atomic E-state index is 12.6. The number of nitrogens with one attached hydrogen (secondary N) is 2. The highest BCUT2D eigenvalue weighted by atomic mass is 35.5. The number of aromatic amines is 1. The predicted molar refractivity (Wildman–Crippen MR) is 73.1 cm³/mol. The molecule has 0 saturated carbocycles. The van der Waals surface area contributed by atoms with Gasteiger partial charge in [-0.2, -0.15) is 13.2 Å². The molecule has 1 saturated heterocycles. The summed E-state index contributed by atoms with van der Waals surface area (Å²) in [5, 5.41) is 3.14.